The Hall–Kier alpha value is -0.650. The molecule has 0 bridgehead atoms. The van der Waals surface area contributed by atoms with Crippen molar-refractivity contribution in [3.05, 3.63) is 0 Å². The lowest BCUT2D eigenvalue weighted by molar-refractivity contribution is -0.124. The van der Waals surface area contributed by atoms with E-state index >= 15 is 0 Å². The van der Waals surface area contributed by atoms with Gasteiger partial charge in [-0.05, 0) is 12.8 Å². The quantitative estimate of drug-likeness (QED) is 0.470. The maximum absolute atomic E-state index is 11.5. The van der Waals surface area contributed by atoms with E-state index in [2.05, 4.69) is 5.32 Å². The number of amides is 1. The molecule has 5 nitrogen and oxygen atoms in total. The molecule has 0 aliphatic rings. The van der Waals surface area contributed by atoms with Crippen molar-refractivity contribution in [3.63, 3.8) is 0 Å². The van der Waals surface area contributed by atoms with Gasteiger partial charge in [-0.25, -0.2) is 0 Å². The van der Waals surface area contributed by atoms with E-state index in [4.69, 9.17) is 10.8 Å². The molecule has 0 saturated heterocycles. The molecule has 0 saturated carbocycles. The van der Waals surface area contributed by atoms with E-state index in [9.17, 15) is 9.90 Å². The van der Waals surface area contributed by atoms with Crippen molar-refractivity contribution < 1.29 is 15.0 Å². The van der Waals surface area contributed by atoms with E-state index < -0.39 is 18.2 Å². The summed E-state index contributed by atoms with van der Waals surface area (Å²) in [6.45, 7) is 4.91. The van der Waals surface area contributed by atoms with Gasteiger partial charge in [0.15, 0.2) is 0 Å². The number of nitrogens with one attached hydrogen (secondary N) is 1. The minimum absolute atomic E-state index is 0.00642. The number of aliphatic hydroxyl groups is 2. The van der Waals surface area contributed by atoms with E-state index in [-0.39, 0.29) is 18.4 Å². The zero-order valence-electron chi connectivity index (χ0n) is 9.66. The van der Waals surface area contributed by atoms with Crippen LogP contribution in [-0.4, -0.2) is 40.9 Å². The number of hydrogen-bond acceptors (Lipinski definition) is 4. The van der Waals surface area contributed by atoms with Crippen LogP contribution < -0.4 is 11.1 Å². The van der Waals surface area contributed by atoms with E-state index in [0.29, 0.717) is 0 Å². The molecule has 5 N–H and O–H groups in total. The average molecular weight is 218 g/mol. The van der Waals surface area contributed by atoms with Crippen LogP contribution in [0.1, 0.15) is 27.2 Å². The van der Waals surface area contributed by atoms with Crippen LogP contribution in [0.2, 0.25) is 0 Å². The normalized spacial score (nSPS) is 19.1. The summed E-state index contributed by atoms with van der Waals surface area (Å²) in [5.41, 5.74) is 4.40. The standard InChI is InChI=1S/C10H22N2O3/c1-4-7(2)8(11)9(14)12-5-10(3,15)6-13/h7-8,13,15H,4-6,11H2,1-3H3,(H,12,14). The van der Waals surface area contributed by atoms with Crippen LogP contribution in [-0.2, 0) is 4.79 Å². The third kappa shape index (κ3) is 5.11. The second kappa shape index (κ2) is 6.05. The molecule has 0 fully saturated rings. The molecule has 15 heavy (non-hydrogen) atoms. The fraction of sp³-hybridized carbons (Fsp3) is 0.900. The molecule has 0 aliphatic carbocycles. The zero-order chi connectivity index (χ0) is 12.1. The van der Waals surface area contributed by atoms with Crippen molar-refractivity contribution in [1.82, 2.24) is 5.32 Å². The Morgan fingerprint density at radius 1 is 1.60 bits per heavy atom. The van der Waals surface area contributed by atoms with Gasteiger partial charge in [-0.1, -0.05) is 20.3 Å². The smallest absolute Gasteiger partial charge is 0.237 e. The summed E-state index contributed by atoms with van der Waals surface area (Å²) < 4.78 is 0. The first kappa shape index (κ1) is 14.3. The molecular weight excluding hydrogens is 196 g/mol. The highest BCUT2D eigenvalue weighted by Crippen LogP contribution is 2.06. The maximum Gasteiger partial charge on any atom is 0.237 e. The Morgan fingerprint density at radius 3 is 2.53 bits per heavy atom. The number of hydrogen-bond donors (Lipinski definition) is 4. The molecule has 0 aromatic carbocycles. The number of nitrogens with two attached hydrogens (primary N) is 1. The Bertz CT molecular complexity index is 207. The predicted octanol–water partition coefficient (Wildman–Crippen LogP) is -0.781. The summed E-state index contributed by atoms with van der Waals surface area (Å²) in [5, 5.41) is 20.7. The Labute approximate surface area is 90.7 Å². The van der Waals surface area contributed by atoms with E-state index in [1.165, 1.54) is 6.92 Å². The van der Waals surface area contributed by atoms with E-state index in [1.807, 2.05) is 13.8 Å². The first-order valence-electron chi connectivity index (χ1n) is 5.20. The van der Waals surface area contributed by atoms with Gasteiger partial charge in [0.2, 0.25) is 5.91 Å². The first-order chi connectivity index (χ1) is 6.84. The van der Waals surface area contributed by atoms with Crippen LogP contribution in [0.4, 0.5) is 0 Å². The fourth-order valence-electron chi connectivity index (χ4n) is 0.964. The molecule has 0 spiro atoms. The zero-order valence-corrected chi connectivity index (χ0v) is 9.66. The Balaban J connectivity index is 4.04. The minimum Gasteiger partial charge on any atom is -0.393 e. The summed E-state index contributed by atoms with van der Waals surface area (Å²) in [4.78, 5) is 11.5. The van der Waals surface area contributed by atoms with Crippen LogP contribution in [0.5, 0.6) is 0 Å². The number of aliphatic hydroxyl groups excluding tert-OH is 1. The van der Waals surface area contributed by atoms with Crippen LogP contribution in [0.25, 0.3) is 0 Å². The fourth-order valence-corrected chi connectivity index (χ4v) is 0.964. The molecular formula is C10H22N2O3. The lowest BCUT2D eigenvalue weighted by Crippen LogP contribution is -2.50. The second-order valence-corrected chi connectivity index (χ2v) is 4.28. The van der Waals surface area contributed by atoms with Gasteiger partial charge < -0.3 is 21.3 Å². The highest BCUT2D eigenvalue weighted by atomic mass is 16.3. The Kier molecular flexibility index (Phi) is 5.79. The topological polar surface area (TPSA) is 95.6 Å². The minimum atomic E-state index is -1.29. The number of carbonyl (C=O) groups excluding carboxylic acids is 1. The van der Waals surface area contributed by atoms with Crippen LogP contribution in [0.3, 0.4) is 0 Å². The molecule has 0 aromatic heterocycles. The van der Waals surface area contributed by atoms with Crippen molar-refractivity contribution in [2.75, 3.05) is 13.2 Å². The van der Waals surface area contributed by atoms with Gasteiger partial charge in [0.1, 0.15) is 5.60 Å². The number of rotatable bonds is 6. The molecule has 0 heterocycles. The lowest BCUT2D eigenvalue weighted by atomic mass is 9.99. The van der Waals surface area contributed by atoms with Crippen molar-refractivity contribution >= 4 is 5.91 Å². The number of carbonyl (C=O) groups is 1. The van der Waals surface area contributed by atoms with Crippen molar-refractivity contribution in [1.29, 1.82) is 0 Å². The van der Waals surface area contributed by atoms with Gasteiger partial charge in [0, 0.05) is 6.54 Å². The van der Waals surface area contributed by atoms with Crippen LogP contribution in [0, 0.1) is 5.92 Å². The van der Waals surface area contributed by atoms with E-state index in [0.717, 1.165) is 6.42 Å². The molecule has 1 amide bonds. The van der Waals surface area contributed by atoms with Gasteiger partial charge >= 0.3 is 0 Å². The van der Waals surface area contributed by atoms with Crippen molar-refractivity contribution in [3.8, 4) is 0 Å². The maximum atomic E-state index is 11.5. The third-order valence-corrected chi connectivity index (χ3v) is 2.54. The lowest BCUT2D eigenvalue weighted by Gasteiger charge is -2.23. The molecule has 5 heteroatoms. The predicted molar refractivity (Wildman–Crippen MR) is 58.1 cm³/mol. The van der Waals surface area contributed by atoms with E-state index in [1.54, 1.807) is 0 Å². The highest BCUT2D eigenvalue weighted by Gasteiger charge is 2.23. The summed E-state index contributed by atoms with van der Waals surface area (Å²) in [6.07, 6.45) is 0.824. The van der Waals surface area contributed by atoms with Crippen molar-refractivity contribution in [2.24, 2.45) is 11.7 Å². The second-order valence-electron chi connectivity index (χ2n) is 4.28. The molecule has 0 radical (unpaired) electrons. The summed E-state index contributed by atoms with van der Waals surface area (Å²) in [7, 11) is 0. The largest absolute Gasteiger partial charge is 0.393 e. The van der Waals surface area contributed by atoms with Gasteiger partial charge in [-0.3, -0.25) is 4.79 Å². The monoisotopic (exact) mass is 218 g/mol. The molecule has 0 aromatic rings. The molecule has 3 unspecified atom stereocenters. The van der Waals surface area contributed by atoms with Gasteiger partial charge in [0.05, 0.1) is 12.6 Å². The van der Waals surface area contributed by atoms with Gasteiger partial charge in [-0.2, -0.15) is 0 Å². The van der Waals surface area contributed by atoms with Gasteiger partial charge in [0.25, 0.3) is 0 Å². The summed E-state index contributed by atoms with van der Waals surface area (Å²) in [6, 6.07) is -0.565. The highest BCUT2D eigenvalue weighted by molar-refractivity contribution is 5.81. The van der Waals surface area contributed by atoms with Gasteiger partial charge in [-0.15, -0.1) is 0 Å². The van der Waals surface area contributed by atoms with Crippen LogP contribution >= 0.6 is 0 Å². The van der Waals surface area contributed by atoms with Crippen LogP contribution in [0.15, 0.2) is 0 Å². The average Bonchev–Trinajstić information content (AvgIpc) is 2.23. The first-order valence-corrected chi connectivity index (χ1v) is 5.20. The van der Waals surface area contributed by atoms with Crippen molar-refractivity contribution in [2.45, 2.75) is 38.8 Å². The summed E-state index contributed by atoms with van der Waals surface area (Å²) >= 11 is 0. The third-order valence-electron chi connectivity index (χ3n) is 2.54. The Morgan fingerprint density at radius 2 is 2.13 bits per heavy atom. The molecule has 3 atom stereocenters. The molecule has 0 aliphatic heterocycles. The SMILES string of the molecule is CCC(C)C(N)C(=O)NCC(C)(O)CO. The summed E-state index contributed by atoms with van der Waals surface area (Å²) in [5.74, 6) is -0.192. The molecule has 90 valence electrons. The molecule has 0 rings (SSSR count).